The number of aromatic hydroxyl groups is 2. The van der Waals surface area contributed by atoms with E-state index in [2.05, 4.69) is 5.32 Å². The molecule has 98 valence electrons. The predicted octanol–water partition coefficient (Wildman–Crippen LogP) is 1.10. The maximum atomic E-state index is 12.1. The van der Waals surface area contributed by atoms with E-state index in [-0.39, 0.29) is 17.1 Å². The maximum absolute atomic E-state index is 12.1. The van der Waals surface area contributed by atoms with Gasteiger partial charge in [0.05, 0.1) is 5.54 Å². The monoisotopic (exact) mass is 250 g/mol. The predicted molar refractivity (Wildman–Crippen MR) is 67.5 cm³/mol. The lowest BCUT2D eigenvalue weighted by molar-refractivity contribution is 0.0897. The number of hydrogen-bond acceptors (Lipinski definition) is 4. The second-order valence-corrected chi connectivity index (χ2v) is 4.82. The lowest BCUT2D eigenvalue weighted by Crippen LogP contribution is -2.51. The van der Waals surface area contributed by atoms with E-state index < -0.39 is 11.4 Å². The summed E-state index contributed by atoms with van der Waals surface area (Å²) in [6, 6.07) is 4.23. The normalized spacial score (nSPS) is 17.6. The van der Waals surface area contributed by atoms with Crippen LogP contribution in [0.2, 0.25) is 0 Å². The molecule has 1 aliphatic carbocycles. The Hall–Kier alpha value is -1.75. The van der Waals surface area contributed by atoms with Crippen molar-refractivity contribution in [2.75, 3.05) is 6.54 Å². The average Bonchev–Trinajstić information content (AvgIpc) is 2.78. The first kappa shape index (κ1) is 12.7. The summed E-state index contributed by atoms with van der Waals surface area (Å²) in [7, 11) is 0. The molecule has 1 saturated carbocycles. The first-order chi connectivity index (χ1) is 8.58. The quantitative estimate of drug-likeness (QED) is 0.646. The van der Waals surface area contributed by atoms with E-state index >= 15 is 0 Å². The highest BCUT2D eigenvalue weighted by molar-refractivity contribution is 5.99. The second-order valence-electron chi connectivity index (χ2n) is 4.82. The molecule has 0 atom stereocenters. The van der Waals surface area contributed by atoms with Crippen LogP contribution >= 0.6 is 0 Å². The second kappa shape index (κ2) is 4.86. The molecule has 0 saturated heterocycles. The van der Waals surface area contributed by atoms with Gasteiger partial charge in [-0.2, -0.15) is 0 Å². The molecule has 1 aliphatic rings. The van der Waals surface area contributed by atoms with E-state index in [0.717, 1.165) is 25.7 Å². The van der Waals surface area contributed by atoms with Gasteiger partial charge in [0.25, 0.3) is 5.91 Å². The Balaban J connectivity index is 2.22. The highest BCUT2D eigenvalue weighted by atomic mass is 16.3. The summed E-state index contributed by atoms with van der Waals surface area (Å²) < 4.78 is 0. The molecule has 1 fully saturated rings. The smallest absolute Gasteiger partial charge is 0.259 e. The van der Waals surface area contributed by atoms with E-state index in [0.29, 0.717) is 6.54 Å². The molecular weight excluding hydrogens is 232 g/mol. The zero-order valence-corrected chi connectivity index (χ0v) is 10.1. The van der Waals surface area contributed by atoms with Gasteiger partial charge >= 0.3 is 0 Å². The molecule has 0 unspecified atom stereocenters. The average molecular weight is 250 g/mol. The summed E-state index contributed by atoms with van der Waals surface area (Å²) in [5.41, 5.74) is 5.25. The molecule has 1 aromatic rings. The number of phenolic OH excluding ortho intramolecular Hbond substituents is 2. The number of nitrogens with two attached hydrogens (primary N) is 1. The fourth-order valence-electron chi connectivity index (χ4n) is 2.50. The maximum Gasteiger partial charge on any atom is 0.259 e. The van der Waals surface area contributed by atoms with Crippen LogP contribution in [0.3, 0.4) is 0 Å². The van der Waals surface area contributed by atoms with Crippen LogP contribution < -0.4 is 11.1 Å². The molecule has 5 heteroatoms. The SMILES string of the molecule is NCC1(NC(=O)c2c(O)cccc2O)CCCC1. The minimum Gasteiger partial charge on any atom is -0.507 e. The Bertz CT molecular complexity index is 433. The largest absolute Gasteiger partial charge is 0.507 e. The first-order valence-corrected chi connectivity index (χ1v) is 6.11. The minimum absolute atomic E-state index is 0.0859. The zero-order chi connectivity index (χ0) is 13.2. The zero-order valence-electron chi connectivity index (χ0n) is 10.1. The van der Waals surface area contributed by atoms with Gasteiger partial charge in [-0.05, 0) is 25.0 Å². The van der Waals surface area contributed by atoms with Crippen molar-refractivity contribution in [1.29, 1.82) is 0 Å². The molecular formula is C13H18N2O3. The van der Waals surface area contributed by atoms with Crippen molar-refractivity contribution in [3.8, 4) is 11.5 Å². The van der Waals surface area contributed by atoms with E-state index in [1.807, 2.05) is 0 Å². The van der Waals surface area contributed by atoms with Crippen molar-refractivity contribution >= 4 is 5.91 Å². The van der Waals surface area contributed by atoms with Gasteiger partial charge in [0, 0.05) is 6.54 Å². The van der Waals surface area contributed by atoms with E-state index in [1.165, 1.54) is 18.2 Å². The highest BCUT2D eigenvalue weighted by Crippen LogP contribution is 2.31. The highest BCUT2D eigenvalue weighted by Gasteiger charge is 2.35. The number of amides is 1. The molecule has 0 heterocycles. The molecule has 0 bridgehead atoms. The van der Waals surface area contributed by atoms with Crippen molar-refractivity contribution in [3.05, 3.63) is 23.8 Å². The van der Waals surface area contributed by atoms with E-state index in [9.17, 15) is 15.0 Å². The van der Waals surface area contributed by atoms with Gasteiger partial charge in [-0.1, -0.05) is 18.9 Å². The number of carbonyl (C=O) groups excluding carboxylic acids is 1. The van der Waals surface area contributed by atoms with Gasteiger partial charge in [0.2, 0.25) is 0 Å². The Labute approximate surface area is 106 Å². The third-order valence-corrected chi connectivity index (χ3v) is 3.58. The summed E-state index contributed by atoms with van der Waals surface area (Å²) in [6.07, 6.45) is 3.74. The molecule has 0 spiro atoms. The lowest BCUT2D eigenvalue weighted by Gasteiger charge is -2.28. The summed E-state index contributed by atoms with van der Waals surface area (Å²) in [6.45, 7) is 0.368. The molecule has 5 nitrogen and oxygen atoms in total. The molecule has 0 aromatic heterocycles. The van der Waals surface area contributed by atoms with Gasteiger partial charge in [0.15, 0.2) is 0 Å². The van der Waals surface area contributed by atoms with Crippen molar-refractivity contribution < 1.29 is 15.0 Å². The van der Waals surface area contributed by atoms with Crippen LogP contribution in [0.15, 0.2) is 18.2 Å². The molecule has 0 aliphatic heterocycles. The van der Waals surface area contributed by atoms with Crippen molar-refractivity contribution in [2.24, 2.45) is 5.73 Å². The van der Waals surface area contributed by atoms with Crippen molar-refractivity contribution in [3.63, 3.8) is 0 Å². The number of hydrogen-bond donors (Lipinski definition) is 4. The third-order valence-electron chi connectivity index (χ3n) is 3.58. The fraction of sp³-hybridized carbons (Fsp3) is 0.462. The summed E-state index contributed by atoms with van der Waals surface area (Å²) in [4.78, 5) is 12.1. The van der Waals surface area contributed by atoms with Gasteiger partial charge < -0.3 is 21.3 Å². The molecule has 2 rings (SSSR count). The van der Waals surface area contributed by atoms with Crippen molar-refractivity contribution in [1.82, 2.24) is 5.32 Å². The van der Waals surface area contributed by atoms with E-state index in [1.54, 1.807) is 0 Å². The topological polar surface area (TPSA) is 95.6 Å². The fourth-order valence-corrected chi connectivity index (χ4v) is 2.50. The molecule has 5 N–H and O–H groups in total. The number of rotatable bonds is 3. The van der Waals surface area contributed by atoms with Crippen LogP contribution in [0.5, 0.6) is 11.5 Å². The number of carbonyl (C=O) groups is 1. The van der Waals surface area contributed by atoms with Crippen LogP contribution in [0.25, 0.3) is 0 Å². The Morgan fingerprint density at radius 3 is 2.33 bits per heavy atom. The molecule has 1 aromatic carbocycles. The molecule has 18 heavy (non-hydrogen) atoms. The lowest BCUT2D eigenvalue weighted by atomic mass is 9.97. The summed E-state index contributed by atoms with van der Waals surface area (Å²) in [5.74, 6) is -0.923. The van der Waals surface area contributed by atoms with Crippen LogP contribution in [-0.2, 0) is 0 Å². The van der Waals surface area contributed by atoms with Gasteiger partial charge in [-0.3, -0.25) is 4.79 Å². The van der Waals surface area contributed by atoms with Crippen LogP contribution in [0.1, 0.15) is 36.0 Å². The Kier molecular flexibility index (Phi) is 3.43. The summed E-state index contributed by atoms with van der Waals surface area (Å²) in [5, 5.41) is 22.1. The molecule has 1 amide bonds. The van der Waals surface area contributed by atoms with Crippen LogP contribution in [-0.4, -0.2) is 28.2 Å². The minimum atomic E-state index is -0.474. The van der Waals surface area contributed by atoms with Gasteiger partial charge in [-0.25, -0.2) is 0 Å². The third kappa shape index (κ3) is 2.26. The number of benzene rings is 1. The number of nitrogens with one attached hydrogen (secondary N) is 1. The van der Waals surface area contributed by atoms with Crippen molar-refractivity contribution in [2.45, 2.75) is 31.2 Å². The number of phenols is 2. The van der Waals surface area contributed by atoms with Crippen LogP contribution in [0, 0.1) is 0 Å². The first-order valence-electron chi connectivity index (χ1n) is 6.11. The molecule has 0 radical (unpaired) electrons. The van der Waals surface area contributed by atoms with Gasteiger partial charge in [-0.15, -0.1) is 0 Å². The Morgan fingerprint density at radius 2 is 1.83 bits per heavy atom. The van der Waals surface area contributed by atoms with E-state index in [4.69, 9.17) is 5.73 Å². The van der Waals surface area contributed by atoms with Gasteiger partial charge in [0.1, 0.15) is 17.1 Å². The summed E-state index contributed by atoms with van der Waals surface area (Å²) >= 11 is 0. The van der Waals surface area contributed by atoms with Crippen LogP contribution in [0.4, 0.5) is 0 Å². The standard InChI is InChI=1S/C13H18N2O3/c14-8-13(6-1-2-7-13)15-12(18)11-9(16)4-3-5-10(11)17/h3-5,16-17H,1-2,6-8,14H2,(H,15,18). The Morgan fingerprint density at radius 1 is 1.28 bits per heavy atom.